The summed E-state index contributed by atoms with van der Waals surface area (Å²) in [6, 6.07) is 3.58. The number of esters is 1. The van der Waals surface area contributed by atoms with E-state index in [1.807, 2.05) is 45.1 Å². The Labute approximate surface area is 245 Å². The van der Waals surface area contributed by atoms with Gasteiger partial charge >= 0.3 is 12.1 Å². The number of amides is 2. The van der Waals surface area contributed by atoms with Crippen molar-refractivity contribution in [3.63, 3.8) is 0 Å². The summed E-state index contributed by atoms with van der Waals surface area (Å²) in [4.78, 5) is 50.7. The van der Waals surface area contributed by atoms with Crippen molar-refractivity contribution in [2.45, 2.75) is 70.7 Å². The van der Waals surface area contributed by atoms with Crippen molar-refractivity contribution in [2.75, 3.05) is 20.8 Å². The predicted octanol–water partition coefficient (Wildman–Crippen LogP) is 3.75. The van der Waals surface area contributed by atoms with Crippen LogP contribution < -0.4 is 14.8 Å². The lowest BCUT2D eigenvalue weighted by Gasteiger charge is -2.34. The van der Waals surface area contributed by atoms with Crippen LogP contribution in [0.15, 0.2) is 42.5 Å². The predicted molar refractivity (Wildman–Crippen MR) is 154 cm³/mol. The molecule has 1 N–H and O–H groups in total. The van der Waals surface area contributed by atoms with E-state index in [2.05, 4.69) is 11.9 Å². The fraction of sp³-hybridized carbons (Fsp3) is 0.516. The highest BCUT2D eigenvalue weighted by Gasteiger charge is 2.47. The first kappa shape index (κ1) is 29.3. The number of rotatable bonds is 2. The Kier molecular flexibility index (Phi) is 8.12. The molecular weight excluding hydrogens is 540 g/mol. The molecule has 11 nitrogen and oxygen atoms in total. The molecule has 5 atom stereocenters. The first-order valence-corrected chi connectivity index (χ1v) is 14.2. The molecule has 11 heteroatoms. The Hall–Kier alpha value is -4.15. The zero-order chi connectivity index (χ0) is 30.2. The fourth-order valence-corrected chi connectivity index (χ4v) is 5.43. The molecule has 1 aromatic heterocycles. The van der Waals surface area contributed by atoms with Crippen LogP contribution in [0, 0.1) is 11.3 Å². The number of alkyl carbamates (subject to hydrolysis) is 1. The molecule has 2 bridgehead atoms. The van der Waals surface area contributed by atoms with Crippen LogP contribution in [0.4, 0.5) is 4.79 Å². The number of carbonyl (C=O) groups is 3. The first-order valence-electron chi connectivity index (χ1n) is 14.2. The largest absolute Gasteiger partial charge is 0.497 e. The quantitative estimate of drug-likeness (QED) is 0.530. The average molecular weight is 579 g/mol. The third-order valence-corrected chi connectivity index (χ3v) is 7.88. The van der Waals surface area contributed by atoms with Crippen molar-refractivity contribution in [3.05, 3.63) is 48.2 Å². The van der Waals surface area contributed by atoms with Crippen LogP contribution in [0.3, 0.4) is 0 Å². The third-order valence-electron chi connectivity index (χ3n) is 7.88. The summed E-state index contributed by atoms with van der Waals surface area (Å²) >= 11 is 0. The van der Waals surface area contributed by atoms with Gasteiger partial charge in [-0.25, -0.2) is 19.6 Å². The normalized spacial score (nSPS) is 27.4. The Balaban J connectivity index is 1.54. The highest BCUT2D eigenvalue weighted by molar-refractivity contribution is 5.91. The minimum atomic E-state index is -0.946. The van der Waals surface area contributed by atoms with Gasteiger partial charge in [-0.1, -0.05) is 39.5 Å². The van der Waals surface area contributed by atoms with Gasteiger partial charge in [-0.3, -0.25) is 4.79 Å². The van der Waals surface area contributed by atoms with E-state index < -0.39 is 41.6 Å². The number of fused-ring (bicyclic) bond motifs is 5. The number of carbonyl (C=O) groups excluding carboxylic acids is 3. The van der Waals surface area contributed by atoms with Crippen molar-refractivity contribution in [3.8, 4) is 11.6 Å². The maximum Gasteiger partial charge on any atom is 0.408 e. The second kappa shape index (κ2) is 11.6. The van der Waals surface area contributed by atoms with E-state index in [1.165, 1.54) is 12.0 Å². The molecule has 42 heavy (non-hydrogen) atoms. The number of benzene rings is 1. The summed E-state index contributed by atoms with van der Waals surface area (Å²) in [7, 11) is 2.86. The average Bonchev–Trinajstić information content (AvgIpc) is 3.53. The van der Waals surface area contributed by atoms with E-state index in [0.717, 1.165) is 18.4 Å². The van der Waals surface area contributed by atoms with E-state index >= 15 is 0 Å². The molecule has 3 heterocycles. The summed E-state index contributed by atoms with van der Waals surface area (Å²) < 4.78 is 22.5. The molecule has 3 unspecified atom stereocenters. The summed E-state index contributed by atoms with van der Waals surface area (Å²) in [6.45, 7) is 9.83. The van der Waals surface area contributed by atoms with Crippen LogP contribution >= 0.6 is 0 Å². The zero-order valence-corrected chi connectivity index (χ0v) is 24.7. The fourth-order valence-electron chi connectivity index (χ4n) is 5.43. The van der Waals surface area contributed by atoms with Gasteiger partial charge in [-0.2, -0.15) is 0 Å². The molecule has 2 fully saturated rings. The standard InChI is InChI=1S/C31H38N4O7/c1-17-8-7-9-18-13-25(18)42-30(38)34-26(31(2,3)4)28(36)35-16-20(15-24(35)29(37)40-6)41-27-23(12-17)32-21-11-10-19(39-5)14-22(21)33-27/h7-8,10-11,14,18,20,24-26H,1,9,12-13,15-16H2,2-6H3,(H,34,38)/b8-7+/t18?,20-,24?,25-,26?/m1/s1. The Morgan fingerprint density at radius 3 is 2.62 bits per heavy atom. The summed E-state index contributed by atoms with van der Waals surface area (Å²) in [5.74, 6) is 0.139. The molecule has 0 spiro atoms. The monoisotopic (exact) mass is 578 g/mol. The highest BCUT2D eigenvalue weighted by Crippen LogP contribution is 2.38. The van der Waals surface area contributed by atoms with Crippen LogP contribution in [0.1, 0.15) is 45.7 Å². The van der Waals surface area contributed by atoms with E-state index in [4.69, 9.17) is 28.9 Å². The number of hydrogen-bond donors (Lipinski definition) is 1. The van der Waals surface area contributed by atoms with E-state index in [-0.39, 0.29) is 25.0 Å². The molecule has 1 aliphatic carbocycles. The molecule has 1 saturated heterocycles. The number of ether oxygens (including phenoxy) is 4. The molecule has 1 saturated carbocycles. The Morgan fingerprint density at radius 1 is 1.12 bits per heavy atom. The summed E-state index contributed by atoms with van der Waals surface area (Å²) in [6.07, 6.45) is 4.54. The van der Waals surface area contributed by atoms with Gasteiger partial charge in [0, 0.05) is 24.8 Å². The number of allylic oxidation sites excluding steroid dienone is 3. The van der Waals surface area contributed by atoms with Gasteiger partial charge in [-0.05, 0) is 36.0 Å². The van der Waals surface area contributed by atoms with Gasteiger partial charge in [0.15, 0.2) is 0 Å². The molecule has 2 aromatic rings. The minimum absolute atomic E-state index is 0.0880. The lowest BCUT2D eigenvalue weighted by molar-refractivity contribution is -0.152. The molecule has 224 valence electrons. The van der Waals surface area contributed by atoms with Crippen LogP contribution in [0.5, 0.6) is 11.6 Å². The van der Waals surface area contributed by atoms with Gasteiger partial charge in [-0.15, -0.1) is 0 Å². The zero-order valence-electron chi connectivity index (χ0n) is 24.7. The van der Waals surface area contributed by atoms with Crippen LogP contribution in [0.2, 0.25) is 0 Å². The maximum absolute atomic E-state index is 14.0. The second-order valence-corrected chi connectivity index (χ2v) is 12.2. The smallest absolute Gasteiger partial charge is 0.408 e. The number of methoxy groups -OCH3 is 2. The first-order chi connectivity index (χ1) is 20.0. The summed E-state index contributed by atoms with van der Waals surface area (Å²) in [5.41, 5.74) is 1.99. The number of aromatic nitrogens is 2. The third kappa shape index (κ3) is 6.34. The lowest BCUT2D eigenvalue weighted by atomic mass is 9.85. The van der Waals surface area contributed by atoms with E-state index in [0.29, 0.717) is 34.8 Å². The van der Waals surface area contributed by atoms with Gasteiger partial charge in [0.25, 0.3) is 0 Å². The van der Waals surface area contributed by atoms with Crippen molar-refractivity contribution in [2.24, 2.45) is 11.3 Å². The van der Waals surface area contributed by atoms with Crippen LogP contribution in [-0.2, 0) is 25.5 Å². The van der Waals surface area contributed by atoms with Gasteiger partial charge in [0.1, 0.15) is 35.7 Å². The summed E-state index contributed by atoms with van der Waals surface area (Å²) in [5, 5.41) is 2.77. The van der Waals surface area contributed by atoms with E-state index in [9.17, 15) is 14.4 Å². The van der Waals surface area contributed by atoms with E-state index in [1.54, 1.807) is 13.2 Å². The number of hydrogen-bond acceptors (Lipinski definition) is 9. The molecule has 3 aliphatic rings. The Morgan fingerprint density at radius 2 is 1.90 bits per heavy atom. The second-order valence-electron chi connectivity index (χ2n) is 12.2. The van der Waals surface area contributed by atoms with Gasteiger partial charge in [0.2, 0.25) is 11.8 Å². The lowest BCUT2D eigenvalue weighted by Crippen LogP contribution is -2.57. The van der Waals surface area contributed by atoms with Crippen molar-refractivity contribution in [1.82, 2.24) is 20.2 Å². The van der Waals surface area contributed by atoms with Crippen LogP contribution in [0.25, 0.3) is 11.0 Å². The maximum atomic E-state index is 14.0. The number of nitrogens with zero attached hydrogens (tertiary/aromatic N) is 3. The Bertz CT molecular complexity index is 1430. The molecular formula is C31H38N4O7. The molecule has 0 radical (unpaired) electrons. The molecule has 2 aliphatic heterocycles. The molecule has 5 rings (SSSR count). The van der Waals surface area contributed by atoms with Gasteiger partial charge in [0.05, 0.1) is 31.8 Å². The van der Waals surface area contributed by atoms with Gasteiger partial charge < -0.3 is 29.2 Å². The molecule has 1 aromatic carbocycles. The number of nitrogens with one attached hydrogen (secondary N) is 1. The van der Waals surface area contributed by atoms with Crippen LogP contribution in [-0.4, -0.2) is 77.9 Å². The minimum Gasteiger partial charge on any atom is -0.497 e. The van der Waals surface area contributed by atoms with Crippen molar-refractivity contribution >= 4 is 29.0 Å². The van der Waals surface area contributed by atoms with Crippen molar-refractivity contribution < 1.29 is 33.3 Å². The highest BCUT2D eigenvalue weighted by atomic mass is 16.6. The molecule has 2 amide bonds. The van der Waals surface area contributed by atoms with Crippen molar-refractivity contribution in [1.29, 1.82) is 0 Å². The topological polar surface area (TPSA) is 129 Å². The SMILES string of the molecule is C=C1/C=C/CC2C[C@H]2OC(=O)NC(C(C)(C)C)C(=O)N2C[C@@H](CC2C(=O)OC)Oc2nc3cc(OC)ccc3nc2C1.